The molecule has 0 radical (unpaired) electrons. The van der Waals surface area contributed by atoms with Crippen LogP contribution in [0.25, 0.3) is 0 Å². The first-order valence-corrected chi connectivity index (χ1v) is 8.80. The Bertz CT molecular complexity index is 630. The quantitative estimate of drug-likeness (QED) is 0.946. The second-order valence-electron chi connectivity index (χ2n) is 7.38. The summed E-state index contributed by atoms with van der Waals surface area (Å²) in [4.78, 5) is 0. The zero-order chi connectivity index (χ0) is 15.7. The van der Waals surface area contributed by atoms with Gasteiger partial charge in [0.05, 0.1) is 0 Å². The van der Waals surface area contributed by atoms with Gasteiger partial charge in [0.15, 0.2) is 5.82 Å². The Labute approximate surface area is 137 Å². The second kappa shape index (κ2) is 6.04. The molecule has 2 aromatic rings. The number of hydrogen-bond donors (Lipinski definition) is 1. The molecular weight excluding hydrogens is 286 g/mol. The lowest BCUT2D eigenvalue weighted by molar-refractivity contribution is 0.370. The maximum absolute atomic E-state index is 4.12. The predicted octanol–water partition coefficient (Wildman–Crippen LogP) is 2.48. The van der Waals surface area contributed by atoms with Crippen molar-refractivity contribution in [3.8, 4) is 0 Å². The fourth-order valence-electron chi connectivity index (χ4n) is 4.29. The van der Waals surface area contributed by atoms with Crippen molar-refractivity contribution >= 4 is 0 Å². The number of aryl methyl sites for hydroxylation is 2. The van der Waals surface area contributed by atoms with Gasteiger partial charge in [-0.3, -0.25) is 0 Å². The summed E-state index contributed by atoms with van der Waals surface area (Å²) in [5, 5.41) is 15.9. The number of benzene rings is 1. The van der Waals surface area contributed by atoms with E-state index >= 15 is 0 Å². The third kappa shape index (κ3) is 3.02. The molecule has 0 bridgehead atoms. The molecule has 122 valence electrons. The summed E-state index contributed by atoms with van der Waals surface area (Å²) in [6, 6.07) is 12.2. The SMILES string of the molecule is CC1(c2ccccc2)CCC(NC2CCc3nnnn3CC2)C1. The summed E-state index contributed by atoms with van der Waals surface area (Å²) in [5.74, 6) is 1.04. The van der Waals surface area contributed by atoms with Crippen molar-refractivity contribution < 1.29 is 0 Å². The number of fused-ring (bicyclic) bond motifs is 1. The number of rotatable bonds is 3. The molecule has 1 N–H and O–H groups in total. The molecule has 1 aromatic heterocycles. The second-order valence-corrected chi connectivity index (χ2v) is 7.38. The molecule has 1 fully saturated rings. The minimum absolute atomic E-state index is 0.321. The number of tetrazole rings is 1. The van der Waals surface area contributed by atoms with Crippen LogP contribution in [0.1, 0.15) is 50.4 Å². The van der Waals surface area contributed by atoms with Crippen LogP contribution in [0, 0.1) is 0 Å². The minimum atomic E-state index is 0.321. The van der Waals surface area contributed by atoms with E-state index in [0.717, 1.165) is 31.6 Å². The van der Waals surface area contributed by atoms with Crippen molar-refractivity contribution in [2.75, 3.05) is 0 Å². The zero-order valence-electron chi connectivity index (χ0n) is 13.8. The van der Waals surface area contributed by atoms with Gasteiger partial charge in [0, 0.05) is 25.0 Å². The molecule has 1 aliphatic heterocycles. The lowest BCUT2D eigenvalue weighted by Crippen LogP contribution is -2.38. The molecule has 3 unspecified atom stereocenters. The Kier molecular flexibility index (Phi) is 3.89. The Hall–Kier alpha value is -1.75. The van der Waals surface area contributed by atoms with E-state index < -0.39 is 0 Å². The van der Waals surface area contributed by atoms with E-state index in [9.17, 15) is 0 Å². The van der Waals surface area contributed by atoms with E-state index in [1.54, 1.807) is 0 Å². The van der Waals surface area contributed by atoms with Crippen LogP contribution in [0.4, 0.5) is 0 Å². The summed E-state index contributed by atoms with van der Waals surface area (Å²) in [7, 11) is 0. The molecule has 1 aliphatic carbocycles. The van der Waals surface area contributed by atoms with Gasteiger partial charge in [-0.15, -0.1) is 5.10 Å². The fourth-order valence-corrected chi connectivity index (χ4v) is 4.29. The maximum atomic E-state index is 4.12. The third-order valence-corrected chi connectivity index (χ3v) is 5.70. The predicted molar refractivity (Wildman–Crippen MR) is 89.1 cm³/mol. The fraction of sp³-hybridized carbons (Fsp3) is 0.611. The van der Waals surface area contributed by atoms with Crippen LogP contribution in [0.3, 0.4) is 0 Å². The lowest BCUT2D eigenvalue weighted by atomic mass is 9.81. The highest BCUT2D eigenvalue weighted by atomic mass is 15.5. The molecule has 1 aromatic carbocycles. The van der Waals surface area contributed by atoms with Gasteiger partial charge < -0.3 is 5.32 Å². The summed E-state index contributed by atoms with van der Waals surface area (Å²) in [5.41, 5.74) is 1.81. The van der Waals surface area contributed by atoms with Crippen LogP contribution < -0.4 is 5.32 Å². The van der Waals surface area contributed by atoms with Crippen molar-refractivity contribution in [2.45, 2.75) is 69.5 Å². The van der Waals surface area contributed by atoms with Gasteiger partial charge in [-0.05, 0) is 53.5 Å². The first-order valence-electron chi connectivity index (χ1n) is 8.80. The molecular formula is C18H25N5. The van der Waals surface area contributed by atoms with E-state index in [4.69, 9.17) is 0 Å². The van der Waals surface area contributed by atoms with Gasteiger partial charge in [0.1, 0.15) is 0 Å². The van der Waals surface area contributed by atoms with Gasteiger partial charge in [0.25, 0.3) is 0 Å². The van der Waals surface area contributed by atoms with Gasteiger partial charge >= 0.3 is 0 Å². The highest BCUT2D eigenvalue weighted by Gasteiger charge is 2.37. The number of nitrogens with zero attached hydrogens (tertiary/aromatic N) is 4. The summed E-state index contributed by atoms with van der Waals surface area (Å²) in [6.07, 6.45) is 7.02. The van der Waals surface area contributed by atoms with Crippen LogP contribution >= 0.6 is 0 Å². The standard InChI is InChI=1S/C18H25N5/c1-18(14-5-3-2-4-6-14)11-9-16(13-18)19-15-7-8-17-20-21-22-23(17)12-10-15/h2-6,15-16,19H,7-13H2,1H3. The summed E-state index contributed by atoms with van der Waals surface area (Å²) in [6.45, 7) is 3.35. The van der Waals surface area contributed by atoms with E-state index in [0.29, 0.717) is 17.5 Å². The molecule has 23 heavy (non-hydrogen) atoms. The van der Waals surface area contributed by atoms with Crippen LogP contribution in [0.15, 0.2) is 30.3 Å². The lowest BCUT2D eigenvalue weighted by Gasteiger charge is -2.26. The smallest absolute Gasteiger partial charge is 0.151 e. The number of hydrogen-bond acceptors (Lipinski definition) is 4. The van der Waals surface area contributed by atoms with Crippen LogP contribution in [-0.4, -0.2) is 32.3 Å². The van der Waals surface area contributed by atoms with E-state index in [1.807, 2.05) is 4.68 Å². The monoisotopic (exact) mass is 311 g/mol. The molecule has 4 rings (SSSR count). The van der Waals surface area contributed by atoms with Crippen molar-refractivity contribution in [1.82, 2.24) is 25.5 Å². The van der Waals surface area contributed by atoms with Crippen molar-refractivity contribution in [3.63, 3.8) is 0 Å². The number of aromatic nitrogens is 4. The minimum Gasteiger partial charge on any atom is -0.311 e. The average molecular weight is 311 g/mol. The Morgan fingerprint density at radius 3 is 2.87 bits per heavy atom. The molecule has 2 aliphatic rings. The van der Waals surface area contributed by atoms with Crippen molar-refractivity contribution in [1.29, 1.82) is 0 Å². The normalized spacial score (nSPS) is 30.8. The third-order valence-electron chi connectivity index (χ3n) is 5.70. The van der Waals surface area contributed by atoms with E-state index in [-0.39, 0.29) is 0 Å². The largest absolute Gasteiger partial charge is 0.311 e. The van der Waals surface area contributed by atoms with E-state index in [2.05, 4.69) is 58.1 Å². The van der Waals surface area contributed by atoms with Crippen LogP contribution in [-0.2, 0) is 18.4 Å². The molecule has 0 spiro atoms. The Morgan fingerprint density at radius 1 is 1.13 bits per heavy atom. The van der Waals surface area contributed by atoms with Gasteiger partial charge in [-0.2, -0.15) is 0 Å². The van der Waals surface area contributed by atoms with E-state index in [1.165, 1.54) is 24.8 Å². The zero-order valence-corrected chi connectivity index (χ0v) is 13.8. The molecule has 5 heteroatoms. The average Bonchev–Trinajstić information content (AvgIpc) is 3.14. The van der Waals surface area contributed by atoms with Gasteiger partial charge in [-0.1, -0.05) is 37.3 Å². The molecule has 0 amide bonds. The molecule has 5 nitrogen and oxygen atoms in total. The Morgan fingerprint density at radius 2 is 2.00 bits per heavy atom. The molecule has 1 saturated carbocycles. The first-order chi connectivity index (χ1) is 11.2. The molecule has 2 heterocycles. The number of nitrogens with one attached hydrogen (secondary N) is 1. The first kappa shape index (κ1) is 14.8. The molecule has 0 saturated heterocycles. The maximum Gasteiger partial charge on any atom is 0.151 e. The highest BCUT2D eigenvalue weighted by Crippen LogP contribution is 2.41. The highest BCUT2D eigenvalue weighted by molar-refractivity contribution is 5.26. The summed E-state index contributed by atoms with van der Waals surface area (Å²) < 4.78 is 1.96. The molecule has 3 atom stereocenters. The van der Waals surface area contributed by atoms with Crippen molar-refractivity contribution in [3.05, 3.63) is 41.7 Å². The van der Waals surface area contributed by atoms with Crippen molar-refractivity contribution in [2.24, 2.45) is 0 Å². The van der Waals surface area contributed by atoms with Gasteiger partial charge in [0.2, 0.25) is 0 Å². The summed E-state index contributed by atoms with van der Waals surface area (Å²) >= 11 is 0. The topological polar surface area (TPSA) is 55.6 Å². The Balaban J connectivity index is 1.37. The van der Waals surface area contributed by atoms with Crippen LogP contribution in [0.5, 0.6) is 0 Å². The van der Waals surface area contributed by atoms with Gasteiger partial charge in [-0.25, -0.2) is 4.68 Å². The van der Waals surface area contributed by atoms with Crippen LogP contribution in [0.2, 0.25) is 0 Å².